The van der Waals surface area contributed by atoms with Gasteiger partial charge in [-0.2, -0.15) is 0 Å². The van der Waals surface area contributed by atoms with Gasteiger partial charge in [0.2, 0.25) is 11.8 Å². The Hall–Kier alpha value is -2.86. The zero-order valence-corrected chi connectivity index (χ0v) is 13.6. The zero-order valence-electron chi connectivity index (χ0n) is 12.8. The Morgan fingerprint density at radius 1 is 1.17 bits per heavy atom. The lowest BCUT2D eigenvalue weighted by Gasteiger charge is -2.07. The van der Waals surface area contributed by atoms with Crippen LogP contribution in [0.2, 0.25) is 5.02 Å². The standard InChI is InChI=1S/C17H14ClN3O3/c1-23-14-9-5-3-7-12(14)16(22)19-10-15-20-21-17(24-15)11-6-2-4-8-13(11)18/h2-9H,10H2,1H3,(H,19,22). The molecular weight excluding hydrogens is 330 g/mol. The molecule has 0 radical (unpaired) electrons. The van der Waals surface area contributed by atoms with Gasteiger partial charge in [-0.3, -0.25) is 4.79 Å². The summed E-state index contributed by atoms with van der Waals surface area (Å²) in [6.07, 6.45) is 0. The Kier molecular flexibility index (Phi) is 4.77. The van der Waals surface area contributed by atoms with Crippen molar-refractivity contribution in [3.63, 3.8) is 0 Å². The summed E-state index contributed by atoms with van der Waals surface area (Å²) in [5.74, 6) is 0.803. The maximum Gasteiger partial charge on any atom is 0.255 e. The van der Waals surface area contributed by atoms with Crippen molar-refractivity contribution >= 4 is 17.5 Å². The number of nitrogens with zero attached hydrogens (tertiary/aromatic N) is 2. The topological polar surface area (TPSA) is 77.2 Å². The van der Waals surface area contributed by atoms with Gasteiger partial charge < -0.3 is 14.5 Å². The van der Waals surface area contributed by atoms with E-state index in [2.05, 4.69) is 15.5 Å². The number of carbonyl (C=O) groups is 1. The van der Waals surface area contributed by atoms with E-state index in [1.54, 1.807) is 36.4 Å². The second-order valence-corrected chi connectivity index (χ2v) is 5.27. The molecule has 0 aliphatic carbocycles. The van der Waals surface area contributed by atoms with Gasteiger partial charge >= 0.3 is 0 Å². The van der Waals surface area contributed by atoms with E-state index in [1.165, 1.54) is 7.11 Å². The number of methoxy groups -OCH3 is 1. The third-order valence-electron chi connectivity index (χ3n) is 3.32. The number of ether oxygens (including phenoxy) is 1. The number of aromatic nitrogens is 2. The molecule has 24 heavy (non-hydrogen) atoms. The largest absolute Gasteiger partial charge is 0.496 e. The predicted molar refractivity (Wildman–Crippen MR) is 88.9 cm³/mol. The number of para-hydroxylation sites is 1. The van der Waals surface area contributed by atoms with E-state index in [-0.39, 0.29) is 18.3 Å². The number of hydrogen-bond donors (Lipinski definition) is 1. The minimum Gasteiger partial charge on any atom is -0.496 e. The first-order chi connectivity index (χ1) is 11.7. The summed E-state index contributed by atoms with van der Waals surface area (Å²) in [4.78, 5) is 12.2. The van der Waals surface area contributed by atoms with E-state index in [0.717, 1.165) is 0 Å². The van der Waals surface area contributed by atoms with Crippen molar-refractivity contribution in [3.05, 3.63) is 65.0 Å². The normalized spacial score (nSPS) is 10.4. The van der Waals surface area contributed by atoms with Crippen LogP contribution in [0.1, 0.15) is 16.2 Å². The van der Waals surface area contributed by atoms with Crippen LogP contribution >= 0.6 is 11.6 Å². The highest BCUT2D eigenvalue weighted by molar-refractivity contribution is 6.33. The number of amides is 1. The molecule has 0 fully saturated rings. The average molecular weight is 344 g/mol. The van der Waals surface area contributed by atoms with Gasteiger partial charge in [0.15, 0.2) is 0 Å². The minimum absolute atomic E-state index is 0.105. The smallest absolute Gasteiger partial charge is 0.255 e. The van der Waals surface area contributed by atoms with E-state index in [1.807, 2.05) is 12.1 Å². The van der Waals surface area contributed by atoms with Crippen LogP contribution in [0.15, 0.2) is 52.9 Å². The van der Waals surface area contributed by atoms with Crippen LogP contribution < -0.4 is 10.1 Å². The van der Waals surface area contributed by atoms with Crippen LogP contribution in [0.25, 0.3) is 11.5 Å². The molecule has 1 N–H and O–H groups in total. The summed E-state index contributed by atoms with van der Waals surface area (Å²) >= 11 is 6.10. The van der Waals surface area contributed by atoms with Gasteiger partial charge in [0.1, 0.15) is 5.75 Å². The highest BCUT2D eigenvalue weighted by Crippen LogP contribution is 2.26. The van der Waals surface area contributed by atoms with Crippen molar-refractivity contribution in [1.82, 2.24) is 15.5 Å². The van der Waals surface area contributed by atoms with Crippen molar-refractivity contribution in [1.29, 1.82) is 0 Å². The highest BCUT2D eigenvalue weighted by atomic mass is 35.5. The van der Waals surface area contributed by atoms with Gasteiger partial charge in [-0.15, -0.1) is 10.2 Å². The molecule has 0 spiro atoms. The van der Waals surface area contributed by atoms with Crippen molar-refractivity contribution in [2.24, 2.45) is 0 Å². The molecule has 0 aliphatic rings. The van der Waals surface area contributed by atoms with Gasteiger partial charge in [0.05, 0.1) is 29.8 Å². The fraction of sp³-hybridized carbons (Fsp3) is 0.118. The van der Waals surface area contributed by atoms with Crippen LogP contribution in [0, 0.1) is 0 Å². The number of halogens is 1. The SMILES string of the molecule is COc1ccccc1C(=O)NCc1nnc(-c2ccccc2Cl)o1. The summed E-state index contributed by atoms with van der Waals surface area (Å²) in [6, 6.07) is 14.1. The number of rotatable bonds is 5. The van der Waals surface area contributed by atoms with Gasteiger partial charge in [0, 0.05) is 0 Å². The van der Waals surface area contributed by atoms with Gasteiger partial charge in [0.25, 0.3) is 5.91 Å². The van der Waals surface area contributed by atoms with Crippen LogP contribution in [0.3, 0.4) is 0 Å². The van der Waals surface area contributed by atoms with E-state index < -0.39 is 0 Å². The van der Waals surface area contributed by atoms with Crippen LogP contribution in [0.4, 0.5) is 0 Å². The Labute approximate surface area is 143 Å². The minimum atomic E-state index is -0.287. The first-order valence-corrected chi connectivity index (χ1v) is 7.55. The molecule has 0 bridgehead atoms. The van der Waals surface area contributed by atoms with Gasteiger partial charge in [-0.05, 0) is 24.3 Å². The lowest BCUT2D eigenvalue weighted by molar-refractivity contribution is 0.0944. The summed E-state index contributed by atoms with van der Waals surface area (Å²) < 4.78 is 10.7. The first kappa shape index (κ1) is 16.0. The summed E-state index contributed by atoms with van der Waals surface area (Å²) in [5, 5.41) is 11.1. The van der Waals surface area contributed by atoms with Gasteiger partial charge in [-0.25, -0.2) is 0 Å². The highest BCUT2D eigenvalue weighted by Gasteiger charge is 2.14. The Morgan fingerprint density at radius 2 is 1.92 bits per heavy atom. The predicted octanol–water partition coefficient (Wildman–Crippen LogP) is 3.33. The lowest BCUT2D eigenvalue weighted by atomic mass is 10.2. The second kappa shape index (κ2) is 7.14. The fourth-order valence-electron chi connectivity index (χ4n) is 2.15. The van der Waals surface area contributed by atoms with Crippen LogP contribution in [-0.4, -0.2) is 23.2 Å². The third-order valence-corrected chi connectivity index (χ3v) is 3.65. The molecule has 7 heteroatoms. The van der Waals surface area contributed by atoms with Crippen molar-refractivity contribution in [3.8, 4) is 17.2 Å². The van der Waals surface area contributed by atoms with E-state index in [0.29, 0.717) is 27.8 Å². The maximum atomic E-state index is 12.2. The molecule has 0 saturated heterocycles. The Bertz CT molecular complexity index is 864. The summed E-state index contributed by atoms with van der Waals surface area (Å²) in [7, 11) is 1.51. The Balaban J connectivity index is 1.70. The Morgan fingerprint density at radius 3 is 2.71 bits per heavy atom. The van der Waals surface area contributed by atoms with Crippen molar-refractivity contribution < 1.29 is 13.9 Å². The summed E-state index contributed by atoms with van der Waals surface area (Å²) in [5.41, 5.74) is 1.08. The van der Waals surface area contributed by atoms with Crippen molar-refractivity contribution in [2.75, 3.05) is 7.11 Å². The van der Waals surface area contributed by atoms with Crippen molar-refractivity contribution in [2.45, 2.75) is 6.54 Å². The third kappa shape index (κ3) is 3.38. The first-order valence-electron chi connectivity index (χ1n) is 7.17. The maximum absolute atomic E-state index is 12.2. The molecule has 3 rings (SSSR count). The lowest BCUT2D eigenvalue weighted by Crippen LogP contribution is -2.23. The average Bonchev–Trinajstić information content (AvgIpc) is 3.08. The van der Waals surface area contributed by atoms with E-state index >= 15 is 0 Å². The monoisotopic (exact) mass is 343 g/mol. The molecule has 1 heterocycles. The van der Waals surface area contributed by atoms with Crippen LogP contribution in [0.5, 0.6) is 5.75 Å². The van der Waals surface area contributed by atoms with Crippen LogP contribution in [-0.2, 0) is 6.54 Å². The molecule has 6 nitrogen and oxygen atoms in total. The van der Waals surface area contributed by atoms with E-state index in [4.69, 9.17) is 20.8 Å². The molecule has 0 aliphatic heterocycles. The number of hydrogen-bond acceptors (Lipinski definition) is 5. The molecule has 1 amide bonds. The number of benzene rings is 2. The zero-order chi connectivity index (χ0) is 16.9. The second-order valence-electron chi connectivity index (χ2n) is 4.86. The fourth-order valence-corrected chi connectivity index (χ4v) is 2.37. The molecular formula is C17H14ClN3O3. The van der Waals surface area contributed by atoms with E-state index in [9.17, 15) is 4.79 Å². The molecule has 0 unspecified atom stereocenters. The molecule has 0 atom stereocenters. The molecule has 2 aromatic carbocycles. The molecule has 0 saturated carbocycles. The molecule has 3 aromatic rings. The van der Waals surface area contributed by atoms with Gasteiger partial charge in [-0.1, -0.05) is 35.9 Å². The number of carbonyl (C=O) groups excluding carboxylic acids is 1. The quantitative estimate of drug-likeness (QED) is 0.768. The summed E-state index contributed by atoms with van der Waals surface area (Å²) in [6.45, 7) is 0.105. The molecule has 1 aromatic heterocycles. The molecule has 122 valence electrons. The number of nitrogens with one attached hydrogen (secondary N) is 1.